The molecule has 0 aromatic carbocycles. The third-order valence-electron chi connectivity index (χ3n) is 4.17. The molecule has 2 amide bonds. The second kappa shape index (κ2) is 4.45. The summed E-state index contributed by atoms with van der Waals surface area (Å²) in [6, 6.07) is -1.08. The topological polar surface area (TPSA) is 121 Å². The molecule has 0 aliphatic carbocycles. The Bertz CT molecular complexity index is 726. The normalized spacial score (nSPS) is 30.1. The fourth-order valence-electron chi connectivity index (χ4n) is 3.47. The first-order valence-electron chi connectivity index (χ1n) is 6.58. The number of carbonyl (C=O) groups is 3. The van der Waals surface area contributed by atoms with E-state index in [0.29, 0.717) is 0 Å². The number of nitrogens with zero attached hydrogens (tertiary/aromatic N) is 2. The van der Waals surface area contributed by atoms with Crippen LogP contribution in [0.15, 0.2) is 11.5 Å². The molecule has 0 unspecified atom stereocenters. The zero-order valence-electron chi connectivity index (χ0n) is 11.8. The number of amides is 2. The number of carboxylic acids is 1. The van der Waals surface area contributed by atoms with Gasteiger partial charge >= 0.3 is 16.1 Å². The van der Waals surface area contributed by atoms with Crippen molar-refractivity contribution in [2.75, 3.05) is 12.8 Å². The van der Waals surface area contributed by atoms with E-state index in [9.17, 15) is 27.9 Å². The summed E-state index contributed by atoms with van der Waals surface area (Å²) in [5, 5.41) is 9.31. The molecule has 1 N–H and O–H groups in total. The zero-order valence-corrected chi connectivity index (χ0v) is 12.7. The molecule has 2 saturated heterocycles. The predicted molar refractivity (Wildman–Crippen MR) is 70.5 cm³/mol. The van der Waals surface area contributed by atoms with Crippen LogP contribution in [0.4, 0.5) is 0 Å². The molecule has 3 rings (SSSR count). The Balaban J connectivity index is 2.03. The minimum Gasteiger partial charge on any atom is -0.476 e. The fraction of sp³-hybridized carbons (Fsp3) is 0.583. The van der Waals surface area contributed by atoms with Gasteiger partial charge in [-0.1, -0.05) is 0 Å². The molecular weight excluding hydrogens is 316 g/mol. The van der Waals surface area contributed by atoms with E-state index in [1.165, 1.54) is 11.8 Å². The molecule has 0 spiro atoms. The van der Waals surface area contributed by atoms with Gasteiger partial charge in [0, 0.05) is 25.8 Å². The molecule has 3 heterocycles. The van der Waals surface area contributed by atoms with Crippen LogP contribution < -0.4 is 0 Å². The Morgan fingerprint density at radius 1 is 1.36 bits per heavy atom. The molecule has 0 radical (unpaired) electrons. The predicted octanol–water partition coefficient (Wildman–Crippen LogP) is -1.28. The minimum absolute atomic E-state index is 0.0590. The number of likely N-dealkylation sites (tertiary alicyclic amines) is 1. The third kappa shape index (κ3) is 1.97. The number of hydrogen-bond donors (Lipinski definition) is 1. The summed E-state index contributed by atoms with van der Waals surface area (Å²) in [5.41, 5.74) is -0.446. The van der Waals surface area contributed by atoms with Gasteiger partial charge in [-0.3, -0.25) is 14.5 Å². The fourth-order valence-corrected chi connectivity index (χ4v) is 3.98. The van der Waals surface area contributed by atoms with Crippen molar-refractivity contribution in [2.24, 2.45) is 5.92 Å². The first kappa shape index (κ1) is 14.8. The average Bonchev–Trinajstić information content (AvgIpc) is 2.71. The van der Waals surface area contributed by atoms with E-state index in [1.54, 1.807) is 0 Å². The van der Waals surface area contributed by atoms with Crippen LogP contribution in [0.1, 0.15) is 13.3 Å². The lowest BCUT2D eigenvalue weighted by molar-refractivity contribution is -0.160. The molecule has 0 aromatic rings. The average molecular weight is 330 g/mol. The zero-order chi connectivity index (χ0) is 16.4. The van der Waals surface area contributed by atoms with Gasteiger partial charge in [-0.15, -0.1) is 0 Å². The van der Waals surface area contributed by atoms with E-state index in [-0.39, 0.29) is 30.5 Å². The van der Waals surface area contributed by atoms with Crippen LogP contribution in [0.3, 0.4) is 0 Å². The van der Waals surface area contributed by atoms with Crippen LogP contribution in [0.25, 0.3) is 0 Å². The molecule has 0 bridgehead atoms. The lowest BCUT2D eigenvalue weighted by atomic mass is 9.82. The third-order valence-corrected chi connectivity index (χ3v) is 4.68. The standard InChI is InChI=1S/C12H14N2O7S/c1-5(15)13-4-6-3-7(21-22(2,19)20)9(12(17)18)14-8(6)10(13)11(14)16/h6,8,10H,3-4H2,1-2H3,(H,17,18)/t6-,8-,10+/m1/s1. The van der Waals surface area contributed by atoms with Crippen LogP contribution in [0, 0.1) is 5.92 Å². The highest BCUT2D eigenvalue weighted by atomic mass is 32.2. The van der Waals surface area contributed by atoms with E-state index >= 15 is 0 Å². The molecule has 0 aromatic heterocycles. The summed E-state index contributed by atoms with van der Waals surface area (Å²) in [7, 11) is -3.91. The molecular formula is C12H14N2O7S. The second-order valence-electron chi connectivity index (χ2n) is 5.64. The van der Waals surface area contributed by atoms with Gasteiger partial charge in [0.25, 0.3) is 5.91 Å². The van der Waals surface area contributed by atoms with Crippen molar-refractivity contribution in [3.05, 3.63) is 11.5 Å². The monoisotopic (exact) mass is 330 g/mol. The highest BCUT2D eigenvalue weighted by Gasteiger charge is 2.64. The summed E-state index contributed by atoms with van der Waals surface area (Å²) in [4.78, 5) is 37.7. The number of carboxylic acid groups (broad SMARTS) is 1. The van der Waals surface area contributed by atoms with Gasteiger partial charge in [0.15, 0.2) is 11.5 Å². The van der Waals surface area contributed by atoms with Crippen LogP contribution >= 0.6 is 0 Å². The molecule has 0 saturated carbocycles. The molecule has 3 atom stereocenters. The summed E-state index contributed by atoms with van der Waals surface area (Å²) >= 11 is 0. The van der Waals surface area contributed by atoms with Crippen molar-refractivity contribution < 1.29 is 32.1 Å². The Labute approximate surface area is 126 Å². The van der Waals surface area contributed by atoms with Crippen LogP contribution in [0.2, 0.25) is 0 Å². The first-order valence-corrected chi connectivity index (χ1v) is 8.39. The maximum atomic E-state index is 12.2. The molecule has 3 aliphatic heterocycles. The smallest absolute Gasteiger partial charge is 0.356 e. The maximum absolute atomic E-state index is 12.2. The van der Waals surface area contributed by atoms with Crippen molar-refractivity contribution in [3.8, 4) is 0 Å². The Morgan fingerprint density at radius 2 is 2.00 bits per heavy atom. The van der Waals surface area contributed by atoms with Crippen molar-refractivity contribution in [3.63, 3.8) is 0 Å². The lowest BCUT2D eigenvalue weighted by Crippen LogP contribution is -2.69. The van der Waals surface area contributed by atoms with Crippen LogP contribution in [0.5, 0.6) is 0 Å². The minimum atomic E-state index is -3.91. The van der Waals surface area contributed by atoms with Crippen molar-refractivity contribution >= 4 is 27.9 Å². The van der Waals surface area contributed by atoms with Crippen LogP contribution in [-0.4, -0.2) is 66.0 Å². The van der Waals surface area contributed by atoms with Gasteiger partial charge in [0.05, 0.1) is 12.3 Å². The van der Waals surface area contributed by atoms with Gasteiger partial charge < -0.3 is 14.2 Å². The Hall–Kier alpha value is -2.10. The molecule has 120 valence electrons. The molecule has 3 aliphatic rings. The van der Waals surface area contributed by atoms with E-state index < -0.39 is 39.8 Å². The number of carbonyl (C=O) groups excluding carboxylic acids is 2. The SMILES string of the molecule is CC(=O)N1C[C@H]2CC(OS(C)(=O)=O)=C(C(=O)O)N3C(=O)[C@@H]1[C@@H]23. The maximum Gasteiger partial charge on any atom is 0.356 e. The second-order valence-corrected chi connectivity index (χ2v) is 7.22. The van der Waals surface area contributed by atoms with E-state index in [2.05, 4.69) is 0 Å². The van der Waals surface area contributed by atoms with E-state index in [0.717, 1.165) is 11.2 Å². The van der Waals surface area contributed by atoms with Gasteiger partial charge in [-0.2, -0.15) is 8.42 Å². The highest BCUT2D eigenvalue weighted by Crippen LogP contribution is 2.47. The van der Waals surface area contributed by atoms with E-state index in [1.807, 2.05) is 0 Å². The highest BCUT2D eigenvalue weighted by molar-refractivity contribution is 7.86. The van der Waals surface area contributed by atoms with Crippen molar-refractivity contribution in [2.45, 2.75) is 25.4 Å². The molecule has 10 heteroatoms. The largest absolute Gasteiger partial charge is 0.476 e. The summed E-state index contributed by atoms with van der Waals surface area (Å²) in [6.45, 7) is 1.61. The lowest BCUT2D eigenvalue weighted by Gasteiger charge is -2.49. The van der Waals surface area contributed by atoms with Crippen molar-refractivity contribution in [1.82, 2.24) is 9.80 Å². The quantitative estimate of drug-likeness (QED) is 0.505. The molecule has 9 nitrogen and oxygen atoms in total. The number of rotatable bonds is 3. The number of β-lactam (4-membered cyclic amide) rings is 1. The Kier molecular flexibility index (Phi) is 3.00. The van der Waals surface area contributed by atoms with Crippen molar-refractivity contribution in [1.29, 1.82) is 0 Å². The molecule has 2 fully saturated rings. The number of hydrogen-bond acceptors (Lipinski definition) is 6. The van der Waals surface area contributed by atoms with Gasteiger partial charge in [0.1, 0.15) is 6.04 Å². The van der Waals surface area contributed by atoms with Crippen LogP contribution in [-0.2, 0) is 28.7 Å². The number of aliphatic carboxylic acids is 1. The first-order chi connectivity index (χ1) is 10.1. The Morgan fingerprint density at radius 3 is 2.50 bits per heavy atom. The summed E-state index contributed by atoms with van der Waals surface area (Å²) in [5.74, 6) is -2.70. The number of allylic oxidation sites excluding steroid dienone is 1. The summed E-state index contributed by atoms with van der Waals surface area (Å²) < 4.78 is 27.4. The molecule has 22 heavy (non-hydrogen) atoms. The van der Waals surface area contributed by atoms with E-state index in [4.69, 9.17) is 4.18 Å². The van der Waals surface area contributed by atoms with Gasteiger partial charge in [0.2, 0.25) is 5.91 Å². The summed E-state index contributed by atoms with van der Waals surface area (Å²) in [6.07, 6.45) is 0.867. The van der Waals surface area contributed by atoms with Gasteiger partial charge in [-0.05, 0) is 0 Å². The van der Waals surface area contributed by atoms with Gasteiger partial charge in [-0.25, -0.2) is 4.79 Å².